The van der Waals surface area contributed by atoms with Crippen LogP contribution in [0.3, 0.4) is 0 Å². The molecule has 14 heavy (non-hydrogen) atoms. The van der Waals surface area contributed by atoms with Gasteiger partial charge in [-0.25, -0.2) is 0 Å². The Hall–Kier alpha value is 1.00. The molecule has 0 fully saturated rings. The summed E-state index contributed by atoms with van der Waals surface area (Å²) in [6, 6.07) is 0. The quantitative estimate of drug-likeness (QED) is 0.573. The van der Waals surface area contributed by atoms with E-state index in [2.05, 4.69) is 0 Å². The standard InChI is InChI=1S/C3H6Cl2O3.C3H6Cl2O/c4-2(7)1(6)3(5)8;4-2-1-3(5)6/h1-3,6-8H;3,6H,1-2H2. The fourth-order valence-corrected chi connectivity index (χ4v) is 0.999. The number of alkyl halides is 4. The first-order chi connectivity index (χ1) is 6.32. The van der Waals surface area contributed by atoms with Crippen molar-refractivity contribution in [3.8, 4) is 0 Å². The first kappa shape index (κ1) is 17.4. The normalized spacial score (nSPS) is 18.9. The highest BCUT2D eigenvalue weighted by molar-refractivity contribution is 6.23. The van der Waals surface area contributed by atoms with Crippen molar-refractivity contribution < 1.29 is 20.4 Å². The van der Waals surface area contributed by atoms with E-state index in [1.807, 2.05) is 0 Å². The molecule has 0 radical (unpaired) electrons. The van der Waals surface area contributed by atoms with Gasteiger partial charge in [0.1, 0.15) is 11.7 Å². The topological polar surface area (TPSA) is 80.9 Å². The minimum atomic E-state index is -1.51. The molecule has 0 aromatic carbocycles. The molecule has 3 atom stereocenters. The molecule has 0 bridgehead atoms. The second-order valence-electron chi connectivity index (χ2n) is 2.15. The van der Waals surface area contributed by atoms with Crippen LogP contribution in [0.25, 0.3) is 0 Å². The fourth-order valence-electron chi connectivity index (χ4n) is 0.221. The molecule has 0 amide bonds. The fraction of sp³-hybridized carbons (Fsp3) is 1.00. The summed E-state index contributed by atoms with van der Waals surface area (Å²) in [5.74, 6) is 0.421. The maximum absolute atomic E-state index is 8.44. The van der Waals surface area contributed by atoms with E-state index >= 15 is 0 Å². The number of aliphatic hydroxyl groups is 4. The Morgan fingerprint density at radius 2 is 1.21 bits per heavy atom. The van der Waals surface area contributed by atoms with E-state index in [1.54, 1.807) is 0 Å². The summed E-state index contributed by atoms with van der Waals surface area (Å²) in [7, 11) is 0. The average Bonchev–Trinajstić information content (AvgIpc) is 2.03. The van der Waals surface area contributed by atoms with Crippen LogP contribution in [0.4, 0.5) is 0 Å². The minimum absolute atomic E-state index is 0.421. The number of aliphatic hydroxyl groups excluding tert-OH is 4. The molecule has 0 rings (SSSR count). The second kappa shape index (κ2) is 10.5. The Balaban J connectivity index is 0. The summed E-state index contributed by atoms with van der Waals surface area (Å²) < 4.78 is 0. The summed E-state index contributed by atoms with van der Waals surface area (Å²) in [5, 5.41) is 33.2. The Kier molecular flexibility index (Phi) is 13.1. The summed E-state index contributed by atoms with van der Waals surface area (Å²) in [6.45, 7) is 0. The van der Waals surface area contributed by atoms with Gasteiger partial charge >= 0.3 is 0 Å². The highest BCUT2D eigenvalue weighted by Gasteiger charge is 2.19. The Labute approximate surface area is 102 Å². The Morgan fingerprint density at radius 1 is 0.857 bits per heavy atom. The van der Waals surface area contributed by atoms with Crippen molar-refractivity contribution in [2.45, 2.75) is 29.2 Å². The zero-order valence-corrected chi connectivity index (χ0v) is 10.0. The molecule has 0 aromatic rings. The van der Waals surface area contributed by atoms with Crippen LogP contribution in [-0.4, -0.2) is 49.1 Å². The van der Waals surface area contributed by atoms with Gasteiger partial charge in [0.25, 0.3) is 0 Å². The van der Waals surface area contributed by atoms with E-state index in [9.17, 15) is 0 Å². The number of hydrogen-bond acceptors (Lipinski definition) is 4. The van der Waals surface area contributed by atoms with Gasteiger partial charge in [-0.1, -0.05) is 34.8 Å². The van der Waals surface area contributed by atoms with Crippen LogP contribution in [0.15, 0.2) is 0 Å². The van der Waals surface area contributed by atoms with Crippen LogP contribution in [0.5, 0.6) is 0 Å². The molecule has 0 aromatic heterocycles. The zero-order valence-electron chi connectivity index (χ0n) is 7.02. The third-order valence-corrected chi connectivity index (χ3v) is 1.86. The molecule has 4 nitrogen and oxygen atoms in total. The highest BCUT2D eigenvalue weighted by Crippen LogP contribution is 2.06. The monoisotopic (exact) mass is 288 g/mol. The largest absolute Gasteiger partial charge is 0.385 e. The van der Waals surface area contributed by atoms with E-state index in [0.29, 0.717) is 12.3 Å². The SMILES string of the molecule is OC(Cl)C(O)C(O)Cl.OC(Cl)CCCl. The van der Waals surface area contributed by atoms with Crippen molar-refractivity contribution in [3.63, 3.8) is 0 Å². The lowest BCUT2D eigenvalue weighted by molar-refractivity contribution is 0.00659. The van der Waals surface area contributed by atoms with Gasteiger partial charge in [0.05, 0.1) is 0 Å². The van der Waals surface area contributed by atoms with Gasteiger partial charge in [-0.3, -0.25) is 0 Å². The predicted molar refractivity (Wildman–Crippen MR) is 56.9 cm³/mol. The molecule has 4 N–H and O–H groups in total. The molecule has 0 aliphatic carbocycles. The van der Waals surface area contributed by atoms with Crippen molar-refractivity contribution in [2.24, 2.45) is 0 Å². The van der Waals surface area contributed by atoms with Gasteiger partial charge in [0.2, 0.25) is 0 Å². The first-order valence-corrected chi connectivity index (χ1v) is 5.37. The molecule has 8 heteroatoms. The maximum Gasteiger partial charge on any atom is 0.157 e. The number of rotatable bonds is 4. The lowest BCUT2D eigenvalue weighted by Crippen LogP contribution is -2.29. The van der Waals surface area contributed by atoms with Crippen LogP contribution < -0.4 is 0 Å². The number of hydrogen-bond donors (Lipinski definition) is 4. The van der Waals surface area contributed by atoms with Crippen molar-refractivity contribution in [1.82, 2.24) is 0 Å². The third-order valence-electron chi connectivity index (χ3n) is 0.911. The van der Waals surface area contributed by atoms with Crippen LogP contribution in [0, 0.1) is 0 Å². The van der Waals surface area contributed by atoms with Gasteiger partial charge < -0.3 is 20.4 Å². The molecule has 0 saturated carbocycles. The molecule has 88 valence electrons. The van der Waals surface area contributed by atoms with Gasteiger partial charge in [-0.05, 0) is 0 Å². The molecule has 0 saturated heterocycles. The minimum Gasteiger partial charge on any atom is -0.385 e. The molecular formula is C6H12Cl4O4. The Bertz CT molecular complexity index is 114. The van der Waals surface area contributed by atoms with E-state index in [4.69, 9.17) is 66.8 Å². The van der Waals surface area contributed by atoms with Crippen molar-refractivity contribution in [3.05, 3.63) is 0 Å². The zero-order chi connectivity index (χ0) is 11.7. The predicted octanol–water partition coefficient (Wildman–Crippen LogP) is 0.634. The first-order valence-electron chi connectivity index (χ1n) is 3.53. The van der Waals surface area contributed by atoms with E-state index < -0.39 is 22.8 Å². The average molecular weight is 290 g/mol. The van der Waals surface area contributed by atoms with E-state index in [0.717, 1.165) is 0 Å². The summed E-state index contributed by atoms with van der Waals surface area (Å²) in [4.78, 5) is 0. The van der Waals surface area contributed by atoms with E-state index in [-0.39, 0.29) is 0 Å². The number of halogens is 4. The molecule has 0 aliphatic rings. The lowest BCUT2D eigenvalue weighted by atomic mass is 10.4. The van der Waals surface area contributed by atoms with Crippen molar-refractivity contribution in [1.29, 1.82) is 0 Å². The molecule has 0 heterocycles. The lowest BCUT2D eigenvalue weighted by Gasteiger charge is -2.11. The molecular weight excluding hydrogens is 278 g/mol. The van der Waals surface area contributed by atoms with Crippen LogP contribution >= 0.6 is 46.4 Å². The molecule has 0 spiro atoms. The summed E-state index contributed by atoms with van der Waals surface area (Å²) in [6.07, 6.45) is -1.03. The van der Waals surface area contributed by atoms with Crippen LogP contribution in [0.1, 0.15) is 6.42 Å². The van der Waals surface area contributed by atoms with Gasteiger partial charge in [-0.15, -0.1) is 11.6 Å². The summed E-state index contributed by atoms with van der Waals surface area (Å²) >= 11 is 20.0. The maximum atomic E-state index is 8.44. The summed E-state index contributed by atoms with van der Waals surface area (Å²) in [5.41, 5.74) is -3.78. The van der Waals surface area contributed by atoms with Crippen LogP contribution in [-0.2, 0) is 0 Å². The van der Waals surface area contributed by atoms with Crippen molar-refractivity contribution >= 4 is 46.4 Å². The van der Waals surface area contributed by atoms with Crippen LogP contribution in [0.2, 0.25) is 0 Å². The molecule has 3 unspecified atom stereocenters. The third kappa shape index (κ3) is 13.0. The van der Waals surface area contributed by atoms with E-state index in [1.165, 1.54) is 0 Å². The molecule has 0 aliphatic heterocycles. The highest BCUT2D eigenvalue weighted by atomic mass is 35.5. The van der Waals surface area contributed by atoms with Gasteiger partial charge in [0, 0.05) is 12.3 Å². The van der Waals surface area contributed by atoms with Gasteiger partial charge in [0.15, 0.2) is 11.1 Å². The van der Waals surface area contributed by atoms with Crippen molar-refractivity contribution in [2.75, 3.05) is 5.88 Å². The second-order valence-corrected chi connectivity index (χ2v) is 3.92. The van der Waals surface area contributed by atoms with Gasteiger partial charge in [-0.2, -0.15) is 0 Å². The Morgan fingerprint density at radius 3 is 1.21 bits per heavy atom. The smallest absolute Gasteiger partial charge is 0.157 e.